The lowest BCUT2D eigenvalue weighted by atomic mass is 9.91. The van der Waals surface area contributed by atoms with Gasteiger partial charge in [0.25, 0.3) is 0 Å². The smallest absolute Gasteiger partial charge is 0.133 e. The fraction of sp³-hybridized carbons (Fsp3) is 0.364. The largest absolute Gasteiger partial charge is 0.300 e. The third kappa shape index (κ3) is 1.82. The first-order valence-corrected chi connectivity index (χ1v) is 4.63. The van der Waals surface area contributed by atoms with Gasteiger partial charge in [0, 0.05) is 12.8 Å². The molecule has 0 unspecified atom stereocenters. The number of carbonyl (C=O) groups excluding carboxylic acids is 1. The Balaban J connectivity index is 2.17. The Hall–Kier alpha value is -1.05. The van der Waals surface area contributed by atoms with Crippen molar-refractivity contribution in [1.29, 1.82) is 0 Å². The molecule has 0 aliphatic heterocycles. The van der Waals surface area contributed by atoms with Crippen molar-refractivity contribution in [2.45, 2.75) is 25.2 Å². The Labute approximate surface area is 79.6 Å². The summed E-state index contributed by atoms with van der Waals surface area (Å²) in [6.07, 6.45) is 2.46. The molecule has 0 aromatic heterocycles. The van der Waals surface area contributed by atoms with Crippen LogP contribution in [0.5, 0.6) is 0 Å². The van der Waals surface area contributed by atoms with Crippen LogP contribution in [-0.2, 0) is 4.79 Å². The van der Waals surface area contributed by atoms with Gasteiger partial charge in [-0.15, -0.1) is 0 Å². The van der Waals surface area contributed by atoms with Crippen molar-refractivity contribution in [2.24, 2.45) is 0 Å². The van der Waals surface area contributed by atoms with Gasteiger partial charge in [0.15, 0.2) is 0 Å². The summed E-state index contributed by atoms with van der Waals surface area (Å²) in [5.41, 5.74) is 2.04. The molecular weight excluding hydrogens is 159 g/mol. The summed E-state index contributed by atoms with van der Waals surface area (Å²) in [6.45, 7) is 0. The van der Waals surface area contributed by atoms with E-state index < -0.39 is 0 Å². The Morgan fingerprint density at radius 3 is 2.46 bits per heavy atom. The van der Waals surface area contributed by atoms with Crippen molar-refractivity contribution in [3.63, 3.8) is 0 Å². The minimum atomic E-state index is 0.391. The van der Waals surface area contributed by atoms with Gasteiger partial charge >= 0.3 is 0 Å². The first kappa shape index (κ1) is 8.55. The lowest BCUT2D eigenvalue weighted by Gasteiger charge is -2.07. The summed E-state index contributed by atoms with van der Waals surface area (Å²) in [7, 11) is 5.59. The highest BCUT2D eigenvalue weighted by Crippen LogP contribution is 2.31. The monoisotopic (exact) mass is 170 g/mol. The molecule has 1 aliphatic carbocycles. The fourth-order valence-electron chi connectivity index (χ4n) is 1.87. The highest BCUT2D eigenvalue weighted by Gasteiger charge is 2.22. The quantitative estimate of drug-likeness (QED) is 0.581. The van der Waals surface area contributed by atoms with E-state index in [1.165, 1.54) is 5.56 Å². The second-order valence-corrected chi connectivity index (χ2v) is 3.65. The predicted molar refractivity (Wildman–Crippen MR) is 53.4 cm³/mol. The van der Waals surface area contributed by atoms with Crippen LogP contribution in [0.1, 0.15) is 30.7 Å². The minimum Gasteiger partial charge on any atom is -0.300 e. The van der Waals surface area contributed by atoms with Crippen LogP contribution in [-0.4, -0.2) is 13.6 Å². The van der Waals surface area contributed by atoms with Crippen LogP contribution in [0.2, 0.25) is 0 Å². The normalized spacial score (nSPS) is 22.2. The third-order valence-corrected chi connectivity index (χ3v) is 2.65. The Morgan fingerprint density at radius 1 is 1.23 bits per heavy atom. The van der Waals surface area contributed by atoms with Gasteiger partial charge in [0.05, 0.1) is 0 Å². The summed E-state index contributed by atoms with van der Waals surface area (Å²) in [5.74, 6) is 0.829. The van der Waals surface area contributed by atoms with Gasteiger partial charge < -0.3 is 0 Å². The molecule has 0 N–H and O–H groups in total. The predicted octanol–water partition coefficient (Wildman–Crippen LogP) is 1.32. The molecule has 0 bridgehead atoms. The van der Waals surface area contributed by atoms with Crippen LogP contribution in [0.4, 0.5) is 0 Å². The molecule has 13 heavy (non-hydrogen) atoms. The molecule has 1 aliphatic rings. The molecule has 0 heterocycles. The first-order valence-electron chi connectivity index (χ1n) is 4.63. The number of benzene rings is 1. The lowest BCUT2D eigenvalue weighted by molar-refractivity contribution is -0.117. The molecule has 0 saturated heterocycles. The van der Waals surface area contributed by atoms with Gasteiger partial charge in [0.1, 0.15) is 13.6 Å². The van der Waals surface area contributed by atoms with Crippen LogP contribution in [0.3, 0.4) is 0 Å². The van der Waals surface area contributed by atoms with Gasteiger partial charge in [0.2, 0.25) is 0 Å². The SMILES string of the molecule is [B]c1ccc([C@H]2CCC(=O)C2)cc1. The van der Waals surface area contributed by atoms with Gasteiger partial charge in [-0.05, 0) is 17.9 Å². The van der Waals surface area contributed by atoms with Gasteiger partial charge in [-0.25, -0.2) is 0 Å². The zero-order chi connectivity index (χ0) is 9.26. The van der Waals surface area contributed by atoms with Crippen molar-refractivity contribution < 1.29 is 4.79 Å². The molecular formula is C11H11BO. The van der Waals surface area contributed by atoms with Crippen molar-refractivity contribution in [1.82, 2.24) is 0 Å². The zero-order valence-electron chi connectivity index (χ0n) is 7.49. The maximum Gasteiger partial charge on any atom is 0.133 e. The van der Waals surface area contributed by atoms with E-state index in [9.17, 15) is 4.79 Å². The van der Waals surface area contributed by atoms with Crippen LogP contribution in [0.15, 0.2) is 24.3 Å². The standard InChI is InChI=1S/C11H11BO/c12-10-4-1-8(2-5-10)9-3-6-11(13)7-9/h1-2,4-5,9H,3,6-7H2/t9-/m0/s1. The molecule has 1 aromatic carbocycles. The number of carbonyl (C=O) groups is 1. The van der Waals surface area contributed by atoms with E-state index in [-0.39, 0.29) is 0 Å². The first-order chi connectivity index (χ1) is 6.25. The van der Waals surface area contributed by atoms with Crippen LogP contribution < -0.4 is 5.46 Å². The maximum absolute atomic E-state index is 11.1. The average molecular weight is 170 g/mol. The third-order valence-electron chi connectivity index (χ3n) is 2.65. The summed E-state index contributed by atoms with van der Waals surface area (Å²) in [5, 5.41) is 0. The Bertz CT molecular complexity index is 315. The Morgan fingerprint density at radius 2 is 1.92 bits per heavy atom. The molecule has 1 nitrogen and oxygen atoms in total. The highest BCUT2D eigenvalue weighted by atomic mass is 16.1. The maximum atomic E-state index is 11.1. The van der Waals surface area contributed by atoms with Crippen molar-refractivity contribution in [3.05, 3.63) is 29.8 Å². The molecule has 1 fully saturated rings. The van der Waals surface area contributed by atoms with E-state index >= 15 is 0 Å². The second-order valence-electron chi connectivity index (χ2n) is 3.65. The summed E-state index contributed by atoms with van der Waals surface area (Å²) in [6, 6.07) is 7.85. The van der Waals surface area contributed by atoms with E-state index in [0.29, 0.717) is 18.1 Å². The van der Waals surface area contributed by atoms with E-state index in [0.717, 1.165) is 18.3 Å². The van der Waals surface area contributed by atoms with Crippen molar-refractivity contribution in [2.75, 3.05) is 0 Å². The Kier molecular flexibility index (Phi) is 2.21. The topological polar surface area (TPSA) is 17.1 Å². The second kappa shape index (κ2) is 3.37. The van der Waals surface area contributed by atoms with E-state index in [1.807, 2.05) is 24.3 Å². The average Bonchev–Trinajstić information content (AvgIpc) is 2.53. The van der Waals surface area contributed by atoms with E-state index in [2.05, 4.69) is 0 Å². The van der Waals surface area contributed by atoms with Crippen LogP contribution in [0, 0.1) is 0 Å². The van der Waals surface area contributed by atoms with E-state index in [4.69, 9.17) is 7.85 Å². The number of Topliss-reactive ketones (excluding diaryl/α,β-unsaturated/α-hetero) is 1. The highest BCUT2D eigenvalue weighted by molar-refractivity contribution is 6.32. The molecule has 2 radical (unpaired) electrons. The summed E-state index contributed by atoms with van der Waals surface area (Å²) in [4.78, 5) is 11.1. The minimum absolute atomic E-state index is 0.391. The van der Waals surface area contributed by atoms with Gasteiger partial charge in [-0.3, -0.25) is 4.79 Å². The fourth-order valence-corrected chi connectivity index (χ4v) is 1.87. The van der Waals surface area contributed by atoms with Crippen LogP contribution >= 0.6 is 0 Å². The number of hydrogen-bond donors (Lipinski definition) is 0. The molecule has 0 amide bonds. The van der Waals surface area contributed by atoms with Crippen LogP contribution in [0.25, 0.3) is 0 Å². The number of hydrogen-bond acceptors (Lipinski definition) is 1. The molecule has 1 atom stereocenters. The molecule has 0 spiro atoms. The van der Waals surface area contributed by atoms with Crippen molar-refractivity contribution >= 4 is 19.1 Å². The summed E-state index contributed by atoms with van der Waals surface area (Å²) < 4.78 is 0. The number of rotatable bonds is 1. The van der Waals surface area contributed by atoms with Gasteiger partial charge in [-0.2, -0.15) is 0 Å². The summed E-state index contributed by atoms with van der Waals surface area (Å²) >= 11 is 0. The van der Waals surface area contributed by atoms with Gasteiger partial charge in [-0.1, -0.05) is 29.7 Å². The van der Waals surface area contributed by atoms with E-state index in [1.54, 1.807) is 0 Å². The molecule has 1 saturated carbocycles. The lowest BCUT2D eigenvalue weighted by Crippen LogP contribution is -2.02. The zero-order valence-corrected chi connectivity index (χ0v) is 7.49. The molecule has 64 valence electrons. The molecule has 2 rings (SSSR count). The molecule has 2 heteroatoms. The number of ketones is 1. The van der Waals surface area contributed by atoms with Crippen molar-refractivity contribution in [3.8, 4) is 0 Å². The molecule has 1 aromatic rings.